The Balaban J connectivity index is 2.10. The van der Waals surface area contributed by atoms with Crippen molar-refractivity contribution in [3.05, 3.63) is 29.8 Å². The van der Waals surface area contributed by atoms with Gasteiger partial charge in [-0.1, -0.05) is 0 Å². The van der Waals surface area contributed by atoms with Gasteiger partial charge in [-0.15, -0.1) is 0 Å². The van der Waals surface area contributed by atoms with Gasteiger partial charge in [-0.05, 0) is 36.4 Å². The first-order chi connectivity index (χ1) is 7.77. The van der Waals surface area contributed by atoms with Crippen LogP contribution in [-0.2, 0) is 0 Å². The second-order valence-corrected chi connectivity index (χ2v) is 5.14. The van der Waals surface area contributed by atoms with Crippen LogP contribution in [0.2, 0.25) is 0 Å². The molecular formula is C12H17N3S. The maximum absolute atomic E-state index is 7.35. The molecule has 86 valence electrons. The number of hydrogen-bond acceptors (Lipinski definition) is 3. The Hall–Kier alpha value is -1.16. The number of nitrogens with one attached hydrogen (secondary N) is 1. The van der Waals surface area contributed by atoms with Crippen molar-refractivity contribution in [1.82, 2.24) is 0 Å². The van der Waals surface area contributed by atoms with Crippen LogP contribution in [0.3, 0.4) is 0 Å². The van der Waals surface area contributed by atoms with E-state index in [2.05, 4.69) is 17.0 Å². The first-order valence-electron chi connectivity index (χ1n) is 5.54. The van der Waals surface area contributed by atoms with Gasteiger partial charge in [0, 0.05) is 30.1 Å². The number of rotatable bonds is 2. The van der Waals surface area contributed by atoms with Gasteiger partial charge in [0.25, 0.3) is 0 Å². The molecule has 3 N–H and O–H groups in total. The van der Waals surface area contributed by atoms with Gasteiger partial charge in [-0.2, -0.15) is 11.8 Å². The van der Waals surface area contributed by atoms with E-state index in [1.807, 2.05) is 23.9 Å². The molecule has 0 aromatic heterocycles. The number of nitrogen functional groups attached to an aromatic ring is 1. The van der Waals surface area contributed by atoms with E-state index >= 15 is 0 Å². The molecule has 1 aliphatic rings. The quantitative estimate of drug-likeness (QED) is 0.608. The van der Waals surface area contributed by atoms with Gasteiger partial charge in [0.2, 0.25) is 0 Å². The van der Waals surface area contributed by atoms with Crippen LogP contribution in [-0.4, -0.2) is 30.4 Å². The summed E-state index contributed by atoms with van der Waals surface area (Å²) in [7, 11) is 0. The normalized spacial score (nSPS) is 16.9. The molecule has 16 heavy (non-hydrogen) atoms. The fourth-order valence-electron chi connectivity index (χ4n) is 1.86. The fourth-order valence-corrected chi connectivity index (χ4v) is 2.74. The van der Waals surface area contributed by atoms with E-state index in [0.717, 1.165) is 18.7 Å². The molecule has 0 saturated carbocycles. The van der Waals surface area contributed by atoms with Gasteiger partial charge in [0.05, 0.1) is 0 Å². The summed E-state index contributed by atoms with van der Waals surface area (Å²) in [6.45, 7) is 2.25. The Kier molecular flexibility index (Phi) is 3.72. The highest BCUT2D eigenvalue weighted by Gasteiger charge is 2.09. The minimum absolute atomic E-state index is 0.137. The molecule has 0 aliphatic carbocycles. The third kappa shape index (κ3) is 2.70. The molecule has 0 bridgehead atoms. The molecule has 1 aromatic carbocycles. The second kappa shape index (κ2) is 5.25. The van der Waals surface area contributed by atoms with Crippen molar-refractivity contribution in [2.45, 2.75) is 6.42 Å². The maximum atomic E-state index is 7.35. The molecule has 3 nitrogen and oxygen atoms in total. The van der Waals surface area contributed by atoms with Crippen LogP contribution in [0.5, 0.6) is 0 Å². The molecule has 0 atom stereocenters. The van der Waals surface area contributed by atoms with E-state index in [9.17, 15) is 0 Å². The largest absolute Gasteiger partial charge is 0.384 e. The monoisotopic (exact) mass is 235 g/mol. The van der Waals surface area contributed by atoms with Crippen molar-refractivity contribution < 1.29 is 0 Å². The predicted molar refractivity (Wildman–Crippen MR) is 71.6 cm³/mol. The van der Waals surface area contributed by atoms with Gasteiger partial charge in [-0.25, -0.2) is 0 Å². The standard InChI is InChI=1S/C12H17N3S/c13-12(14)10-2-4-11(5-3-10)15-6-1-8-16-9-7-15/h2-5H,1,6-9H2,(H3,13,14). The average molecular weight is 235 g/mol. The van der Waals surface area contributed by atoms with Crippen molar-refractivity contribution in [1.29, 1.82) is 5.41 Å². The summed E-state index contributed by atoms with van der Waals surface area (Å²) in [6, 6.07) is 7.98. The van der Waals surface area contributed by atoms with Crippen LogP contribution in [0.1, 0.15) is 12.0 Å². The van der Waals surface area contributed by atoms with Gasteiger partial charge in [0.1, 0.15) is 5.84 Å². The van der Waals surface area contributed by atoms with E-state index in [1.54, 1.807) is 0 Å². The summed E-state index contributed by atoms with van der Waals surface area (Å²) < 4.78 is 0. The Morgan fingerprint density at radius 2 is 1.94 bits per heavy atom. The third-order valence-electron chi connectivity index (χ3n) is 2.77. The zero-order valence-corrected chi connectivity index (χ0v) is 10.1. The highest BCUT2D eigenvalue weighted by Crippen LogP contribution is 2.19. The molecule has 1 aromatic rings. The molecule has 1 aliphatic heterocycles. The summed E-state index contributed by atoms with van der Waals surface area (Å²) >= 11 is 2.03. The van der Waals surface area contributed by atoms with Crippen molar-refractivity contribution >= 4 is 23.3 Å². The molecule has 0 radical (unpaired) electrons. The Morgan fingerprint density at radius 1 is 1.19 bits per heavy atom. The van der Waals surface area contributed by atoms with Gasteiger partial charge in [-0.3, -0.25) is 5.41 Å². The Labute approximate surface area is 101 Å². The summed E-state index contributed by atoms with van der Waals surface area (Å²) in [5.74, 6) is 2.61. The van der Waals surface area contributed by atoms with E-state index < -0.39 is 0 Å². The average Bonchev–Trinajstić information content (AvgIpc) is 2.57. The third-order valence-corrected chi connectivity index (χ3v) is 3.81. The molecule has 2 rings (SSSR count). The van der Waals surface area contributed by atoms with Crippen LogP contribution in [0.25, 0.3) is 0 Å². The van der Waals surface area contributed by atoms with Gasteiger partial charge in [0.15, 0.2) is 0 Å². The first-order valence-corrected chi connectivity index (χ1v) is 6.70. The lowest BCUT2D eigenvalue weighted by Crippen LogP contribution is -2.25. The van der Waals surface area contributed by atoms with Crippen molar-refractivity contribution in [2.24, 2.45) is 5.73 Å². The SMILES string of the molecule is N=C(N)c1ccc(N2CCCSCC2)cc1. The summed E-state index contributed by atoms with van der Waals surface area (Å²) in [5, 5.41) is 7.35. The smallest absolute Gasteiger partial charge is 0.122 e. The van der Waals surface area contributed by atoms with Crippen molar-refractivity contribution in [3.63, 3.8) is 0 Å². The van der Waals surface area contributed by atoms with Gasteiger partial charge < -0.3 is 10.6 Å². The number of nitrogens with two attached hydrogens (primary N) is 1. The Morgan fingerprint density at radius 3 is 2.62 bits per heavy atom. The zero-order chi connectivity index (χ0) is 11.4. The minimum atomic E-state index is 0.137. The molecule has 0 amide bonds. The van der Waals surface area contributed by atoms with Gasteiger partial charge >= 0.3 is 0 Å². The van der Waals surface area contributed by atoms with E-state index in [0.29, 0.717) is 0 Å². The molecule has 0 unspecified atom stereocenters. The van der Waals surface area contributed by atoms with Crippen LogP contribution < -0.4 is 10.6 Å². The lowest BCUT2D eigenvalue weighted by atomic mass is 10.2. The maximum Gasteiger partial charge on any atom is 0.122 e. The molecule has 0 spiro atoms. The number of anilines is 1. The summed E-state index contributed by atoms with van der Waals surface area (Å²) in [6.07, 6.45) is 1.25. The number of thioether (sulfide) groups is 1. The van der Waals surface area contributed by atoms with Crippen molar-refractivity contribution in [3.8, 4) is 0 Å². The van der Waals surface area contributed by atoms with Crippen LogP contribution in [0.15, 0.2) is 24.3 Å². The number of benzene rings is 1. The molecule has 1 saturated heterocycles. The van der Waals surface area contributed by atoms with Crippen LogP contribution >= 0.6 is 11.8 Å². The molecule has 1 heterocycles. The topological polar surface area (TPSA) is 53.1 Å². The lowest BCUT2D eigenvalue weighted by Gasteiger charge is -2.22. The first kappa shape index (κ1) is 11.3. The van der Waals surface area contributed by atoms with E-state index in [4.69, 9.17) is 11.1 Å². The van der Waals surface area contributed by atoms with Crippen molar-refractivity contribution in [2.75, 3.05) is 29.5 Å². The number of nitrogens with zero attached hydrogens (tertiary/aromatic N) is 1. The Bertz CT molecular complexity index is 353. The van der Waals surface area contributed by atoms with Crippen LogP contribution in [0.4, 0.5) is 5.69 Å². The number of hydrogen-bond donors (Lipinski definition) is 2. The highest BCUT2D eigenvalue weighted by molar-refractivity contribution is 7.99. The predicted octanol–water partition coefficient (Wildman–Crippen LogP) is 1.91. The van der Waals surface area contributed by atoms with Crippen LogP contribution in [0, 0.1) is 5.41 Å². The number of amidine groups is 1. The molecule has 4 heteroatoms. The second-order valence-electron chi connectivity index (χ2n) is 3.91. The van der Waals surface area contributed by atoms with E-state index in [1.165, 1.54) is 23.6 Å². The lowest BCUT2D eigenvalue weighted by molar-refractivity contribution is 0.816. The fraction of sp³-hybridized carbons (Fsp3) is 0.417. The highest BCUT2D eigenvalue weighted by atomic mass is 32.2. The molecule has 1 fully saturated rings. The zero-order valence-electron chi connectivity index (χ0n) is 9.28. The molecular weight excluding hydrogens is 218 g/mol. The summed E-state index contributed by atoms with van der Waals surface area (Å²) in [4.78, 5) is 2.41. The minimum Gasteiger partial charge on any atom is -0.384 e. The van der Waals surface area contributed by atoms with E-state index in [-0.39, 0.29) is 5.84 Å². The summed E-state index contributed by atoms with van der Waals surface area (Å²) in [5.41, 5.74) is 7.48.